The number of rotatable bonds is 6. The summed E-state index contributed by atoms with van der Waals surface area (Å²) in [5.74, 6) is -0.443. The molecule has 2 aromatic carbocycles. The number of aromatic nitrogens is 4. The minimum atomic E-state index is -0.703. The van der Waals surface area contributed by atoms with Crippen LogP contribution in [0.2, 0.25) is 0 Å². The monoisotopic (exact) mass is 425 g/mol. The third-order valence-electron chi connectivity index (χ3n) is 4.93. The molecule has 0 amide bonds. The molecule has 0 radical (unpaired) electrons. The van der Waals surface area contributed by atoms with Gasteiger partial charge in [0.1, 0.15) is 23.1 Å². The highest BCUT2D eigenvalue weighted by molar-refractivity contribution is 5.94. The Kier molecular flexibility index (Phi) is 5.41. The third kappa shape index (κ3) is 3.74. The molecule has 4 aromatic rings. The molecule has 0 aliphatic rings. The first-order valence-corrected chi connectivity index (χ1v) is 9.66. The quantitative estimate of drug-likeness (QED) is 0.500. The lowest BCUT2D eigenvalue weighted by atomic mass is 10.1. The summed E-state index contributed by atoms with van der Waals surface area (Å²) in [7, 11) is 1.48. The summed E-state index contributed by atoms with van der Waals surface area (Å²) in [6.45, 7) is 3.87. The molecule has 0 aliphatic heterocycles. The number of anilines is 1. The zero-order valence-electron chi connectivity index (χ0n) is 17.3. The van der Waals surface area contributed by atoms with E-state index in [1.165, 1.54) is 30.1 Å². The zero-order valence-corrected chi connectivity index (χ0v) is 17.3. The van der Waals surface area contributed by atoms with Gasteiger partial charge in [-0.2, -0.15) is 5.10 Å². The van der Waals surface area contributed by atoms with Gasteiger partial charge >= 0.3 is 0 Å². The van der Waals surface area contributed by atoms with Gasteiger partial charge in [0.15, 0.2) is 17.4 Å². The van der Waals surface area contributed by atoms with Crippen molar-refractivity contribution in [3.63, 3.8) is 0 Å². The minimum Gasteiger partial charge on any atom is -0.494 e. The predicted octanol–water partition coefficient (Wildman–Crippen LogP) is 4.12. The molecule has 0 aliphatic carbocycles. The van der Waals surface area contributed by atoms with Crippen LogP contribution >= 0.6 is 0 Å². The molecule has 2 heterocycles. The smallest absolute Gasteiger partial charge is 0.182 e. The van der Waals surface area contributed by atoms with Crippen LogP contribution in [0.3, 0.4) is 0 Å². The van der Waals surface area contributed by atoms with Gasteiger partial charge in [-0.3, -0.25) is 4.68 Å². The van der Waals surface area contributed by atoms with E-state index in [0.29, 0.717) is 29.4 Å². The van der Waals surface area contributed by atoms with Crippen LogP contribution < -0.4 is 15.2 Å². The maximum atomic E-state index is 14.6. The fourth-order valence-corrected chi connectivity index (χ4v) is 3.46. The van der Waals surface area contributed by atoms with Crippen LogP contribution in [-0.4, -0.2) is 33.5 Å². The van der Waals surface area contributed by atoms with Crippen molar-refractivity contribution in [3.05, 3.63) is 59.3 Å². The van der Waals surface area contributed by atoms with Crippen LogP contribution in [0, 0.1) is 18.6 Å². The fraction of sp³-hybridized carbons (Fsp3) is 0.227. The molecule has 4 rings (SSSR count). The van der Waals surface area contributed by atoms with Gasteiger partial charge in [0.25, 0.3) is 0 Å². The average Bonchev–Trinajstić information content (AvgIpc) is 3.11. The van der Waals surface area contributed by atoms with E-state index in [2.05, 4.69) is 15.1 Å². The summed E-state index contributed by atoms with van der Waals surface area (Å²) in [6.07, 6.45) is 1.46. The van der Waals surface area contributed by atoms with Gasteiger partial charge in [-0.25, -0.2) is 18.7 Å². The predicted molar refractivity (Wildman–Crippen MR) is 113 cm³/mol. The first kappa shape index (κ1) is 20.5. The first-order valence-electron chi connectivity index (χ1n) is 9.66. The zero-order chi connectivity index (χ0) is 22.1. The highest BCUT2D eigenvalue weighted by Gasteiger charge is 2.20. The van der Waals surface area contributed by atoms with Crippen LogP contribution in [0.5, 0.6) is 11.5 Å². The van der Waals surface area contributed by atoms with Crippen LogP contribution in [0.4, 0.5) is 14.6 Å². The second-order valence-electron chi connectivity index (χ2n) is 6.92. The number of nitrogens with zero attached hydrogens (tertiary/aromatic N) is 4. The number of nitrogens with two attached hydrogens (primary N) is 1. The summed E-state index contributed by atoms with van der Waals surface area (Å²) in [5, 5.41) is 5.36. The van der Waals surface area contributed by atoms with Crippen molar-refractivity contribution < 1.29 is 18.3 Å². The van der Waals surface area contributed by atoms with E-state index < -0.39 is 11.6 Å². The molecule has 0 saturated heterocycles. The molecule has 0 saturated carbocycles. The lowest BCUT2D eigenvalue weighted by Gasteiger charge is -2.10. The Bertz CT molecular complexity index is 1250. The number of aryl methyl sites for hydroxylation is 1. The third-order valence-corrected chi connectivity index (χ3v) is 4.93. The van der Waals surface area contributed by atoms with E-state index in [0.717, 1.165) is 10.9 Å². The number of benzene rings is 2. The van der Waals surface area contributed by atoms with Crippen molar-refractivity contribution in [2.45, 2.75) is 20.4 Å². The number of halogens is 2. The molecule has 2 aromatic heterocycles. The van der Waals surface area contributed by atoms with Crippen LogP contribution in [-0.2, 0) is 6.54 Å². The molecule has 2 N–H and O–H groups in total. The SMILES string of the molecule is CCOc1cc(F)c(Cn2nc(-c3ncc(OC)c(N)n3)c3c(C)cccc32)c(F)c1. The Balaban J connectivity index is 1.84. The van der Waals surface area contributed by atoms with Gasteiger partial charge in [-0.05, 0) is 25.5 Å². The summed E-state index contributed by atoms with van der Waals surface area (Å²) in [4.78, 5) is 8.60. The van der Waals surface area contributed by atoms with Crippen LogP contribution in [0.15, 0.2) is 36.5 Å². The Morgan fingerprint density at radius 1 is 1.16 bits per heavy atom. The van der Waals surface area contributed by atoms with Crippen molar-refractivity contribution in [2.75, 3.05) is 19.5 Å². The number of methoxy groups -OCH3 is 1. The van der Waals surface area contributed by atoms with E-state index in [9.17, 15) is 8.78 Å². The Hall–Kier alpha value is -3.75. The van der Waals surface area contributed by atoms with E-state index >= 15 is 0 Å². The molecule has 0 atom stereocenters. The molecule has 0 spiro atoms. The van der Waals surface area contributed by atoms with Crippen molar-refractivity contribution in [1.29, 1.82) is 0 Å². The lowest BCUT2D eigenvalue weighted by Crippen LogP contribution is -2.07. The van der Waals surface area contributed by atoms with Crippen molar-refractivity contribution in [2.24, 2.45) is 0 Å². The highest BCUT2D eigenvalue weighted by Crippen LogP contribution is 2.31. The molecule has 0 fully saturated rings. The molecule has 0 unspecified atom stereocenters. The molecule has 31 heavy (non-hydrogen) atoms. The largest absolute Gasteiger partial charge is 0.494 e. The van der Waals surface area contributed by atoms with E-state index in [-0.39, 0.29) is 23.7 Å². The van der Waals surface area contributed by atoms with Gasteiger partial charge in [-0.15, -0.1) is 0 Å². The van der Waals surface area contributed by atoms with Gasteiger partial charge in [0.2, 0.25) is 0 Å². The maximum Gasteiger partial charge on any atom is 0.182 e. The Morgan fingerprint density at radius 3 is 2.55 bits per heavy atom. The Morgan fingerprint density at radius 2 is 1.90 bits per heavy atom. The summed E-state index contributed by atoms with van der Waals surface area (Å²) in [6, 6.07) is 7.95. The summed E-state index contributed by atoms with van der Waals surface area (Å²) < 4.78 is 41.2. The minimum absolute atomic E-state index is 0.115. The number of fused-ring (bicyclic) bond motifs is 1. The molecule has 160 valence electrons. The number of hydrogen-bond donors (Lipinski definition) is 1. The van der Waals surface area contributed by atoms with Crippen LogP contribution in [0.25, 0.3) is 22.4 Å². The second-order valence-corrected chi connectivity index (χ2v) is 6.92. The van der Waals surface area contributed by atoms with Gasteiger partial charge < -0.3 is 15.2 Å². The average molecular weight is 425 g/mol. The van der Waals surface area contributed by atoms with Gasteiger partial charge in [0, 0.05) is 23.1 Å². The number of nitrogen functional groups attached to an aromatic ring is 1. The summed E-state index contributed by atoms with van der Waals surface area (Å²) in [5.41, 5.74) is 7.91. The van der Waals surface area contributed by atoms with Crippen molar-refractivity contribution in [3.8, 4) is 23.0 Å². The Labute approximate surface area is 177 Å². The van der Waals surface area contributed by atoms with E-state index in [1.807, 2.05) is 25.1 Å². The lowest BCUT2D eigenvalue weighted by molar-refractivity contribution is 0.335. The maximum absolute atomic E-state index is 14.6. The molecular weight excluding hydrogens is 404 g/mol. The first-order chi connectivity index (χ1) is 14.9. The standard InChI is InChI=1S/C22H21F2N5O2/c1-4-31-13-8-15(23)14(16(24)9-13)11-29-17-7-5-6-12(2)19(17)20(28-29)22-26-10-18(30-3)21(25)27-22/h5-10H,4,11H2,1-3H3,(H2,25,26,27). The van der Waals surface area contributed by atoms with Gasteiger partial charge in [-0.1, -0.05) is 12.1 Å². The molecular formula is C22H21F2N5O2. The molecule has 0 bridgehead atoms. The molecule has 9 heteroatoms. The topological polar surface area (TPSA) is 88.1 Å². The van der Waals surface area contributed by atoms with E-state index in [4.69, 9.17) is 15.2 Å². The van der Waals surface area contributed by atoms with Crippen LogP contribution in [0.1, 0.15) is 18.1 Å². The van der Waals surface area contributed by atoms with Crippen molar-refractivity contribution in [1.82, 2.24) is 19.7 Å². The normalized spacial score (nSPS) is 11.1. The van der Waals surface area contributed by atoms with E-state index in [1.54, 1.807) is 6.92 Å². The fourth-order valence-electron chi connectivity index (χ4n) is 3.46. The van der Waals surface area contributed by atoms with Crippen molar-refractivity contribution >= 4 is 16.7 Å². The highest BCUT2D eigenvalue weighted by atomic mass is 19.1. The summed E-state index contributed by atoms with van der Waals surface area (Å²) >= 11 is 0. The second kappa shape index (κ2) is 8.17. The van der Waals surface area contributed by atoms with Gasteiger partial charge in [0.05, 0.1) is 32.0 Å². The molecule has 7 nitrogen and oxygen atoms in total. The number of hydrogen-bond acceptors (Lipinski definition) is 6. The number of ether oxygens (including phenoxy) is 2.